The minimum atomic E-state index is -0.847. The molecule has 0 unspecified atom stereocenters. The highest BCUT2D eigenvalue weighted by molar-refractivity contribution is 6.68. The van der Waals surface area contributed by atoms with Crippen molar-refractivity contribution in [3.63, 3.8) is 0 Å². The van der Waals surface area contributed by atoms with E-state index in [-0.39, 0.29) is 5.57 Å². The Balaban J connectivity index is 4.66. The zero-order valence-corrected chi connectivity index (χ0v) is 8.19. The van der Waals surface area contributed by atoms with Crippen LogP contribution >= 0.6 is 11.6 Å². The Bertz CT molecular complexity index is 275. The second-order valence-electron chi connectivity index (χ2n) is 2.22. The molecule has 0 aromatic rings. The highest BCUT2D eigenvalue weighted by Crippen LogP contribution is 2.11. The first-order chi connectivity index (χ1) is 5.99. The molecule has 2 nitrogen and oxygen atoms in total. The van der Waals surface area contributed by atoms with Crippen molar-refractivity contribution in [1.29, 1.82) is 0 Å². The summed E-state index contributed by atoms with van der Waals surface area (Å²) in [5, 5.41) is -0.847. The van der Waals surface area contributed by atoms with Gasteiger partial charge in [0.2, 0.25) is 0 Å². The third-order valence-corrected chi connectivity index (χ3v) is 1.48. The molecule has 0 spiro atoms. The fourth-order valence-corrected chi connectivity index (χ4v) is 0.753. The Morgan fingerprint density at radius 3 is 2.38 bits per heavy atom. The zero-order valence-electron chi connectivity index (χ0n) is 7.43. The highest BCUT2D eigenvalue weighted by atomic mass is 35.5. The van der Waals surface area contributed by atoms with E-state index in [2.05, 4.69) is 11.3 Å². The van der Waals surface area contributed by atoms with Crippen LogP contribution in [0, 0.1) is 0 Å². The van der Waals surface area contributed by atoms with Crippen LogP contribution < -0.4 is 0 Å². The number of methoxy groups -OCH3 is 1. The summed E-state index contributed by atoms with van der Waals surface area (Å²) in [6, 6.07) is 0. The molecule has 0 aliphatic heterocycles. The van der Waals surface area contributed by atoms with Crippen LogP contribution in [0.2, 0.25) is 0 Å². The quantitative estimate of drug-likeness (QED) is 0.305. The number of allylic oxidation sites excluding steroid dienone is 4. The van der Waals surface area contributed by atoms with Crippen molar-refractivity contribution < 1.29 is 13.9 Å². The van der Waals surface area contributed by atoms with E-state index in [1.165, 1.54) is 19.3 Å². The number of rotatable bonds is 4. The summed E-state index contributed by atoms with van der Waals surface area (Å²) in [6.45, 7) is 4.60. The predicted molar refractivity (Wildman–Crippen MR) is 50.0 cm³/mol. The maximum Gasteiger partial charge on any atom is 0.254 e. The first kappa shape index (κ1) is 11.9. The van der Waals surface area contributed by atoms with Gasteiger partial charge in [-0.2, -0.15) is 0 Å². The van der Waals surface area contributed by atoms with E-state index < -0.39 is 11.1 Å². The lowest BCUT2D eigenvalue weighted by molar-refractivity contribution is -0.108. The lowest BCUT2D eigenvalue weighted by Gasteiger charge is -1.97. The number of hydrogen-bond acceptors (Lipinski definition) is 2. The molecule has 0 aromatic carbocycles. The number of ether oxygens (including phenoxy) is 1. The summed E-state index contributed by atoms with van der Waals surface area (Å²) in [4.78, 5) is 10.6. The van der Waals surface area contributed by atoms with Gasteiger partial charge in [-0.15, -0.1) is 0 Å². The average Bonchev–Trinajstić information content (AvgIpc) is 2.03. The van der Waals surface area contributed by atoms with Gasteiger partial charge < -0.3 is 4.74 Å². The van der Waals surface area contributed by atoms with E-state index in [0.717, 1.165) is 6.92 Å². The second kappa shape index (κ2) is 5.54. The molecule has 0 N–H and O–H groups in total. The Labute approximate surface area is 81.3 Å². The first-order valence-electron chi connectivity index (χ1n) is 3.46. The smallest absolute Gasteiger partial charge is 0.254 e. The van der Waals surface area contributed by atoms with Gasteiger partial charge in [0.1, 0.15) is 11.6 Å². The molecule has 0 amide bonds. The van der Waals surface area contributed by atoms with Gasteiger partial charge in [-0.1, -0.05) is 6.58 Å². The topological polar surface area (TPSA) is 26.3 Å². The molecule has 0 aliphatic rings. The van der Waals surface area contributed by atoms with Crippen molar-refractivity contribution in [3.8, 4) is 0 Å². The van der Waals surface area contributed by atoms with Crippen LogP contribution in [0.3, 0.4) is 0 Å². The lowest BCUT2D eigenvalue weighted by atomic mass is 10.2. The summed E-state index contributed by atoms with van der Waals surface area (Å²) >= 11 is 5.11. The highest BCUT2D eigenvalue weighted by Gasteiger charge is 2.06. The maximum absolute atomic E-state index is 12.6. The fraction of sp³-hybridized carbons (Fsp3) is 0.222. The number of halogens is 2. The minimum absolute atomic E-state index is 0.195. The van der Waals surface area contributed by atoms with Crippen LogP contribution in [0.5, 0.6) is 0 Å². The Kier molecular flexibility index (Phi) is 5.07. The van der Waals surface area contributed by atoms with Crippen LogP contribution in [0.4, 0.5) is 4.39 Å². The summed E-state index contributed by atoms with van der Waals surface area (Å²) in [6.07, 6.45) is 2.58. The van der Waals surface area contributed by atoms with E-state index in [1.54, 1.807) is 0 Å². The molecule has 72 valence electrons. The van der Waals surface area contributed by atoms with Gasteiger partial charge in [0.15, 0.2) is 0 Å². The maximum atomic E-state index is 12.6. The van der Waals surface area contributed by atoms with E-state index in [0.29, 0.717) is 5.76 Å². The molecular formula is C9H10ClFO2. The van der Waals surface area contributed by atoms with Gasteiger partial charge >= 0.3 is 0 Å². The minimum Gasteiger partial charge on any atom is -0.497 e. The van der Waals surface area contributed by atoms with Crippen LogP contribution in [0.15, 0.2) is 35.9 Å². The van der Waals surface area contributed by atoms with E-state index in [4.69, 9.17) is 11.6 Å². The van der Waals surface area contributed by atoms with Crippen LogP contribution in [-0.2, 0) is 9.53 Å². The van der Waals surface area contributed by atoms with Crippen molar-refractivity contribution in [1.82, 2.24) is 0 Å². The molecule has 0 radical (unpaired) electrons. The average molecular weight is 205 g/mol. The first-order valence-corrected chi connectivity index (χ1v) is 3.84. The molecule has 0 aliphatic carbocycles. The standard InChI is InChI=1S/C9H10ClFO2/c1-6(13-3)4-5-8(7(2)11)9(10)12/h4-5H,1H2,2-3H3/b5-4-,8-7-. The second-order valence-corrected chi connectivity index (χ2v) is 2.57. The Morgan fingerprint density at radius 2 is 2.08 bits per heavy atom. The molecule has 0 rings (SSSR count). The molecule has 4 heteroatoms. The molecule has 0 aromatic heterocycles. The van der Waals surface area contributed by atoms with Gasteiger partial charge in [0, 0.05) is 0 Å². The fourth-order valence-electron chi connectivity index (χ4n) is 0.560. The van der Waals surface area contributed by atoms with Crippen LogP contribution in [0.25, 0.3) is 0 Å². The number of hydrogen-bond donors (Lipinski definition) is 0. The Hall–Kier alpha value is -1.09. The molecule has 0 heterocycles. The monoisotopic (exact) mass is 204 g/mol. The molecule has 0 bridgehead atoms. The lowest BCUT2D eigenvalue weighted by Crippen LogP contribution is -1.92. The van der Waals surface area contributed by atoms with E-state index >= 15 is 0 Å². The van der Waals surface area contributed by atoms with Crippen LogP contribution in [-0.4, -0.2) is 12.4 Å². The summed E-state index contributed by atoms with van der Waals surface area (Å²) in [5.41, 5.74) is -0.195. The summed E-state index contributed by atoms with van der Waals surface area (Å²) in [5.74, 6) is -0.322. The van der Waals surface area contributed by atoms with Crippen LogP contribution in [0.1, 0.15) is 6.92 Å². The SMILES string of the molecule is C=C(/C=C\C(C(=O)Cl)=C(/C)F)OC. The number of carbonyl (C=O) groups is 1. The third kappa shape index (κ3) is 4.48. The van der Waals surface area contributed by atoms with Crippen molar-refractivity contribution in [2.45, 2.75) is 6.92 Å². The zero-order chi connectivity index (χ0) is 10.4. The molecule has 0 atom stereocenters. The third-order valence-electron chi connectivity index (χ3n) is 1.28. The van der Waals surface area contributed by atoms with Crippen molar-refractivity contribution in [2.24, 2.45) is 0 Å². The van der Waals surface area contributed by atoms with Gasteiger partial charge in [0.25, 0.3) is 5.24 Å². The van der Waals surface area contributed by atoms with Gasteiger partial charge in [-0.05, 0) is 30.7 Å². The summed E-state index contributed by atoms with van der Waals surface area (Å²) < 4.78 is 17.3. The van der Waals surface area contributed by atoms with E-state index in [9.17, 15) is 9.18 Å². The molecule has 0 saturated carbocycles. The van der Waals surface area contributed by atoms with Gasteiger partial charge in [-0.25, -0.2) is 4.39 Å². The van der Waals surface area contributed by atoms with Gasteiger partial charge in [-0.3, -0.25) is 4.79 Å². The van der Waals surface area contributed by atoms with Crippen molar-refractivity contribution in [2.75, 3.05) is 7.11 Å². The molecule has 0 saturated heterocycles. The largest absolute Gasteiger partial charge is 0.497 e. The normalized spacial score (nSPS) is 12.6. The molecule has 0 fully saturated rings. The molecule has 13 heavy (non-hydrogen) atoms. The Morgan fingerprint density at radius 1 is 1.54 bits per heavy atom. The predicted octanol–water partition coefficient (Wildman–Crippen LogP) is 2.71. The summed E-state index contributed by atoms with van der Waals surface area (Å²) in [7, 11) is 1.42. The van der Waals surface area contributed by atoms with Crippen molar-refractivity contribution in [3.05, 3.63) is 35.9 Å². The van der Waals surface area contributed by atoms with Crippen molar-refractivity contribution >= 4 is 16.8 Å². The van der Waals surface area contributed by atoms with Gasteiger partial charge in [0.05, 0.1) is 12.7 Å². The molecular weight excluding hydrogens is 195 g/mol. The van der Waals surface area contributed by atoms with E-state index in [1.807, 2.05) is 0 Å². The number of carbonyl (C=O) groups excluding carboxylic acids is 1.